The molecule has 1 amide bonds. The van der Waals surface area contributed by atoms with E-state index >= 15 is 0 Å². The molecule has 1 saturated carbocycles. The highest BCUT2D eigenvalue weighted by Crippen LogP contribution is 2.37. The average Bonchev–Trinajstić information content (AvgIpc) is 3.61. The first kappa shape index (κ1) is 20.0. The lowest BCUT2D eigenvalue weighted by Crippen LogP contribution is -2.21. The van der Waals surface area contributed by atoms with Gasteiger partial charge in [-0.15, -0.1) is 10.2 Å². The number of benzene rings is 1. The summed E-state index contributed by atoms with van der Waals surface area (Å²) in [6.45, 7) is 2.02. The number of aromatic nitrogens is 5. The molecule has 160 valence electrons. The van der Waals surface area contributed by atoms with Crippen molar-refractivity contribution in [1.29, 1.82) is 0 Å². The molecular weight excluding hydrogens is 402 g/mol. The highest BCUT2D eigenvalue weighted by atomic mass is 16.1. The molecule has 2 aliphatic rings. The van der Waals surface area contributed by atoms with Crippen molar-refractivity contribution in [3.63, 3.8) is 0 Å². The van der Waals surface area contributed by atoms with Crippen LogP contribution in [0, 0.1) is 0 Å². The molecule has 32 heavy (non-hydrogen) atoms. The third-order valence-corrected chi connectivity index (χ3v) is 5.48. The maximum Gasteiger partial charge on any atom is 0.274 e. The number of nitrogens with one attached hydrogen (secondary N) is 1. The van der Waals surface area contributed by atoms with E-state index in [-0.39, 0.29) is 5.91 Å². The van der Waals surface area contributed by atoms with Gasteiger partial charge < -0.3 is 9.88 Å². The van der Waals surface area contributed by atoms with Crippen molar-refractivity contribution < 1.29 is 4.79 Å². The summed E-state index contributed by atoms with van der Waals surface area (Å²) in [7, 11) is 0. The van der Waals surface area contributed by atoms with E-state index in [0.29, 0.717) is 23.9 Å². The number of carbonyl (C=O) groups excluding carboxylic acids is 1. The average molecular weight is 425 g/mol. The van der Waals surface area contributed by atoms with Gasteiger partial charge in [-0.25, -0.2) is 9.97 Å². The predicted molar refractivity (Wildman–Crippen MR) is 123 cm³/mol. The van der Waals surface area contributed by atoms with Gasteiger partial charge in [0.05, 0.1) is 0 Å². The van der Waals surface area contributed by atoms with Gasteiger partial charge >= 0.3 is 0 Å². The van der Waals surface area contributed by atoms with Crippen molar-refractivity contribution in [2.75, 3.05) is 5.32 Å². The van der Waals surface area contributed by atoms with Gasteiger partial charge in [0.15, 0.2) is 5.82 Å². The second-order valence-electron chi connectivity index (χ2n) is 7.84. The van der Waals surface area contributed by atoms with Gasteiger partial charge in [-0.05, 0) is 43.0 Å². The van der Waals surface area contributed by atoms with Gasteiger partial charge in [-0.2, -0.15) is 0 Å². The molecule has 1 aromatic carbocycles. The van der Waals surface area contributed by atoms with Gasteiger partial charge in [-0.3, -0.25) is 9.79 Å². The maximum atomic E-state index is 13.0. The van der Waals surface area contributed by atoms with E-state index in [1.165, 1.54) is 0 Å². The second-order valence-corrected chi connectivity index (χ2v) is 7.84. The molecule has 1 N–H and O–H groups in total. The van der Waals surface area contributed by atoms with Crippen LogP contribution < -0.4 is 5.32 Å². The summed E-state index contributed by atoms with van der Waals surface area (Å²) in [5.74, 6) is 1.33. The molecule has 2 aromatic heterocycles. The lowest BCUT2D eigenvalue weighted by molar-refractivity contribution is -0.110. The van der Waals surface area contributed by atoms with Crippen LogP contribution >= 0.6 is 0 Å². The smallest absolute Gasteiger partial charge is 0.274 e. The van der Waals surface area contributed by atoms with Crippen LogP contribution in [-0.4, -0.2) is 36.4 Å². The highest BCUT2D eigenvalue weighted by Gasteiger charge is 2.26. The zero-order valence-corrected chi connectivity index (χ0v) is 17.8. The largest absolute Gasteiger partial charge is 0.321 e. The SMILES string of the molecule is CCc1ncc(C2=CC(C(=O)Nc3cccc(-c4nncn4C4CC4)c3)=NC=CC2)cn1. The molecule has 8 heteroatoms. The van der Waals surface area contributed by atoms with Gasteiger partial charge in [0, 0.05) is 47.9 Å². The number of hydrogen-bond acceptors (Lipinski definition) is 6. The fourth-order valence-electron chi connectivity index (χ4n) is 3.60. The summed E-state index contributed by atoms with van der Waals surface area (Å²) in [5.41, 5.74) is 3.76. The molecule has 0 bridgehead atoms. The Morgan fingerprint density at radius 3 is 2.81 bits per heavy atom. The van der Waals surface area contributed by atoms with Crippen molar-refractivity contribution in [2.45, 2.75) is 38.6 Å². The molecule has 0 unspecified atom stereocenters. The molecule has 0 spiro atoms. The minimum atomic E-state index is -0.277. The lowest BCUT2D eigenvalue weighted by Gasteiger charge is -2.09. The molecule has 3 heterocycles. The van der Waals surface area contributed by atoms with Crippen LogP contribution in [0.4, 0.5) is 5.69 Å². The number of aliphatic imine (C=N–C) groups is 1. The number of anilines is 1. The first-order chi connectivity index (χ1) is 15.7. The molecule has 0 saturated heterocycles. The number of hydrogen-bond donors (Lipinski definition) is 1. The number of carbonyl (C=O) groups is 1. The summed E-state index contributed by atoms with van der Waals surface area (Å²) in [5, 5.41) is 11.3. The summed E-state index contributed by atoms with van der Waals surface area (Å²) < 4.78 is 2.10. The minimum absolute atomic E-state index is 0.277. The Morgan fingerprint density at radius 2 is 2.03 bits per heavy atom. The Balaban J connectivity index is 1.36. The van der Waals surface area contributed by atoms with E-state index in [2.05, 4.69) is 35.0 Å². The van der Waals surface area contributed by atoms with E-state index in [4.69, 9.17) is 0 Å². The van der Waals surface area contributed by atoms with Crippen molar-refractivity contribution in [3.8, 4) is 11.4 Å². The molecule has 0 atom stereocenters. The number of rotatable bonds is 6. The highest BCUT2D eigenvalue weighted by molar-refractivity contribution is 6.48. The summed E-state index contributed by atoms with van der Waals surface area (Å²) >= 11 is 0. The number of allylic oxidation sites excluding steroid dienone is 2. The molecule has 3 aromatic rings. The lowest BCUT2D eigenvalue weighted by atomic mass is 10.0. The van der Waals surface area contributed by atoms with E-state index in [1.807, 2.05) is 37.3 Å². The van der Waals surface area contributed by atoms with Gasteiger partial charge in [0.2, 0.25) is 0 Å². The summed E-state index contributed by atoms with van der Waals surface area (Å²) in [6, 6.07) is 8.12. The van der Waals surface area contributed by atoms with Crippen LogP contribution in [0.2, 0.25) is 0 Å². The zero-order valence-electron chi connectivity index (χ0n) is 17.8. The molecular formula is C24H23N7O. The minimum Gasteiger partial charge on any atom is -0.321 e. The number of aryl methyl sites for hydroxylation is 1. The maximum absolute atomic E-state index is 13.0. The molecule has 8 nitrogen and oxygen atoms in total. The van der Waals surface area contributed by atoms with Crippen LogP contribution in [0.15, 0.2) is 66.3 Å². The Labute approximate surface area is 185 Å². The van der Waals surface area contributed by atoms with Gasteiger partial charge in [-0.1, -0.05) is 25.1 Å². The molecule has 0 radical (unpaired) electrons. The first-order valence-electron chi connectivity index (χ1n) is 10.8. The fraction of sp³-hybridized carbons (Fsp3) is 0.250. The van der Waals surface area contributed by atoms with Crippen LogP contribution in [0.5, 0.6) is 0 Å². The molecule has 1 aliphatic heterocycles. The Kier molecular flexibility index (Phi) is 5.41. The quantitative estimate of drug-likeness (QED) is 0.643. The summed E-state index contributed by atoms with van der Waals surface area (Å²) in [4.78, 5) is 26.1. The third kappa shape index (κ3) is 4.25. The number of nitrogens with zero attached hydrogens (tertiary/aromatic N) is 6. The second kappa shape index (κ2) is 8.66. The van der Waals surface area contributed by atoms with Crippen molar-refractivity contribution in [1.82, 2.24) is 24.7 Å². The third-order valence-electron chi connectivity index (χ3n) is 5.48. The van der Waals surface area contributed by atoms with Crippen molar-refractivity contribution in [2.24, 2.45) is 4.99 Å². The molecule has 5 rings (SSSR count). The Bertz CT molecular complexity index is 1230. The number of amides is 1. The predicted octanol–water partition coefficient (Wildman–Crippen LogP) is 4.01. The van der Waals surface area contributed by atoms with Gasteiger partial charge in [0.25, 0.3) is 5.91 Å². The van der Waals surface area contributed by atoms with Gasteiger partial charge in [0.1, 0.15) is 17.9 Å². The monoisotopic (exact) mass is 425 g/mol. The van der Waals surface area contributed by atoms with Crippen LogP contribution in [0.1, 0.15) is 43.6 Å². The van der Waals surface area contributed by atoms with E-state index in [9.17, 15) is 4.79 Å². The fourth-order valence-corrected chi connectivity index (χ4v) is 3.60. The zero-order chi connectivity index (χ0) is 21.9. The van der Waals surface area contributed by atoms with Crippen LogP contribution in [0.25, 0.3) is 17.0 Å². The van der Waals surface area contributed by atoms with Crippen LogP contribution in [-0.2, 0) is 11.2 Å². The summed E-state index contributed by atoms with van der Waals surface area (Å²) in [6.07, 6.45) is 14.5. The van der Waals surface area contributed by atoms with E-state index in [0.717, 1.165) is 47.6 Å². The Hall–Kier alpha value is -3.94. The van der Waals surface area contributed by atoms with Crippen LogP contribution in [0.3, 0.4) is 0 Å². The molecule has 1 fully saturated rings. The van der Waals surface area contributed by atoms with Crippen molar-refractivity contribution >= 4 is 22.9 Å². The van der Waals surface area contributed by atoms with E-state index in [1.54, 1.807) is 31.0 Å². The first-order valence-corrected chi connectivity index (χ1v) is 10.8. The normalized spacial score (nSPS) is 15.7. The van der Waals surface area contributed by atoms with E-state index < -0.39 is 0 Å². The topological polar surface area (TPSA) is 98.0 Å². The van der Waals surface area contributed by atoms with Crippen molar-refractivity contribution in [3.05, 3.63) is 72.7 Å². The standard InChI is InChI=1S/C24H23N7O/c1-2-22-26-13-18(14-27-22)16-6-4-10-25-21(12-16)24(32)29-19-7-3-5-17(11-19)23-30-28-15-31(23)20-8-9-20/h3-5,7,10-15,20H,2,6,8-9H2,1H3,(H,29,32). The molecule has 1 aliphatic carbocycles. The Morgan fingerprint density at radius 1 is 1.19 bits per heavy atom.